The van der Waals surface area contributed by atoms with Gasteiger partial charge in [-0.15, -0.1) is 0 Å². The first-order chi connectivity index (χ1) is 21.0. The normalized spacial score (nSPS) is 11.7. The van der Waals surface area contributed by atoms with Gasteiger partial charge in [-0.05, 0) is 74.2 Å². The number of benzene rings is 3. The van der Waals surface area contributed by atoms with Crippen molar-refractivity contribution < 1.29 is 14.0 Å². The first-order valence-corrected chi connectivity index (χ1v) is 16.8. The van der Waals surface area contributed by atoms with Gasteiger partial charge >= 0.3 is 0 Å². The maximum atomic E-state index is 5.95. The van der Waals surface area contributed by atoms with E-state index in [-0.39, 0.29) is 0 Å². The van der Waals surface area contributed by atoms with Crippen LogP contribution in [0.2, 0.25) is 0 Å². The van der Waals surface area contributed by atoms with Crippen LogP contribution in [0.1, 0.15) is 96.0 Å². The molecule has 0 heterocycles. The van der Waals surface area contributed by atoms with Gasteiger partial charge in [0.2, 0.25) is 0 Å². The summed E-state index contributed by atoms with van der Waals surface area (Å²) in [6, 6.07) is 26.5. The van der Waals surface area contributed by atoms with Crippen molar-refractivity contribution in [2.45, 2.75) is 96.9 Å². The standard InChI is InChI=1S/C38H56N3O2/c1-4-5-6-7-8-9-10-11-12-18-31-42-37-26-22-35(23-27-37)39-40-36-24-28-38(29-25-36)43-32-19-14-17-30-41(2,3)33-34-20-15-13-16-21-34/h13,15-16,20-29H,4-12,14,17-19,30-33H2,1-3H3/q+1. The van der Waals surface area contributed by atoms with Gasteiger partial charge < -0.3 is 14.0 Å². The zero-order valence-electron chi connectivity index (χ0n) is 27.2. The van der Waals surface area contributed by atoms with Gasteiger partial charge in [-0.1, -0.05) is 95.0 Å². The molecular formula is C38H56N3O2+. The van der Waals surface area contributed by atoms with Gasteiger partial charge in [0, 0.05) is 5.56 Å². The first-order valence-electron chi connectivity index (χ1n) is 16.8. The molecule has 3 aromatic rings. The SMILES string of the molecule is CCCCCCCCCCCCOc1ccc(N=Nc2ccc(OCCCCC[N+](C)(C)Cc3ccccc3)cc2)cc1. The lowest BCUT2D eigenvalue weighted by Crippen LogP contribution is -2.39. The number of hydrogen-bond acceptors (Lipinski definition) is 4. The molecule has 0 spiro atoms. The Morgan fingerprint density at radius 1 is 0.512 bits per heavy atom. The fourth-order valence-electron chi connectivity index (χ4n) is 5.28. The van der Waals surface area contributed by atoms with Crippen LogP contribution in [0.25, 0.3) is 0 Å². The van der Waals surface area contributed by atoms with Gasteiger partial charge in [0.15, 0.2) is 0 Å². The van der Waals surface area contributed by atoms with Crippen LogP contribution < -0.4 is 9.47 Å². The number of nitrogens with zero attached hydrogens (tertiary/aromatic N) is 3. The van der Waals surface area contributed by atoms with Crippen molar-refractivity contribution in [2.24, 2.45) is 10.2 Å². The summed E-state index contributed by atoms with van der Waals surface area (Å²) in [6.07, 6.45) is 16.8. The Morgan fingerprint density at radius 3 is 1.44 bits per heavy atom. The van der Waals surface area contributed by atoms with Crippen LogP contribution in [0.15, 0.2) is 89.1 Å². The summed E-state index contributed by atoms with van der Waals surface area (Å²) >= 11 is 0. The quantitative estimate of drug-likeness (QED) is 0.0630. The molecule has 0 fully saturated rings. The minimum absolute atomic E-state index is 0.737. The maximum absolute atomic E-state index is 5.95. The minimum Gasteiger partial charge on any atom is -0.494 e. The lowest BCUT2D eigenvalue weighted by atomic mass is 10.1. The molecule has 0 saturated heterocycles. The second-order valence-corrected chi connectivity index (χ2v) is 12.4. The molecule has 5 heteroatoms. The predicted molar refractivity (Wildman–Crippen MR) is 181 cm³/mol. The molecule has 234 valence electrons. The third-order valence-corrected chi connectivity index (χ3v) is 7.85. The predicted octanol–water partition coefficient (Wildman–Crippen LogP) is 11.2. The average molecular weight is 587 g/mol. The second-order valence-electron chi connectivity index (χ2n) is 12.4. The average Bonchev–Trinajstić information content (AvgIpc) is 3.02. The van der Waals surface area contributed by atoms with Crippen molar-refractivity contribution >= 4 is 11.4 Å². The van der Waals surface area contributed by atoms with E-state index in [0.717, 1.165) is 60.0 Å². The molecule has 0 aromatic heterocycles. The Hall–Kier alpha value is -3.18. The van der Waals surface area contributed by atoms with Crippen LogP contribution in [0.4, 0.5) is 11.4 Å². The van der Waals surface area contributed by atoms with Crippen LogP contribution in [-0.2, 0) is 6.54 Å². The maximum Gasteiger partial charge on any atom is 0.119 e. The van der Waals surface area contributed by atoms with Gasteiger partial charge in [-0.2, -0.15) is 10.2 Å². The highest BCUT2D eigenvalue weighted by Gasteiger charge is 2.15. The Kier molecular flexibility index (Phi) is 16.5. The summed E-state index contributed by atoms with van der Waals surface area (Å²) in [5.41, 5.74) is 3.03. The largest absolute Gasteiger partial charge is 0.494 e. The Bertz CT molecular complexity index is 1130. The lowest BCUT2D eigenvalue weighted by Gasteiger charge is -2.30. The van der Waals surface area contributed by atoms with E-state index in [1.54, 1.807) is 0 Å². The van der Waals surface area contributed by atoms with Crippen molar-refractivity contribution in [3.63, 3.8) is 0 Å². The van der Waals surface area contributed by atoms with Crippen LogP contribution in [0, 0.1) is 0 Å². The van der Waals surface area contributed by atoms with E-state index in [2.05, 4.69) is 61.6 Å². The molecule has 0 bridgehead atoms. The molecule has 3 aromatic carbocycles. The molecule has 0 N–H and O–H groups in total. The third kappa shape index (κ3) is 15.7. The Labute approximate surface area is 261 Å². The van der Waals surface area contributed by atoms with Crippen molar-refractivity contribution in [1.82, 2.24) is 0 Å². The summed E-state index contributed by atoms with van der Waals surface area (Å²) in [4.78, 5) is 0. The fraction of sp³-hybridized carbons (Fsp3) is 0.526. The number of ether oxygens (including phenoxy) is 2. The minimum atomic E-state index is 0.737. The van der Waals surface area contributed by atoms with Gasteiger partial charge in [-0.3, -0.25) is 0 Å². The molecule has 0 saturated carbocycles. The molecule has 3 rings (SSSR count). The van der Waals surface area contributed by atoms with E-state index in [9.17, 15) is 0 Å². The number of hydrogen-bond donors (Lipinski definition) is 0. The van der Waals surface area contributed by atoms with Gasteiger partial charge in [0.1, 0.15) is 18.0 Å². The van der Waals surface area contributed by atoms with Gasteiger partial charge in [-0.25, -0.2) is 0 Å². The van der Waals surface area contributed by atoms with E-state index in [0.29, 0.717) is 0 Å². The van der Waals surface area contributed by atoms with E-state index in [4.69, 9.17) is 9.47 Å². The summed E-state index contributed by atoms with van der Waals surface area (Å²) in [5.74, 6) is 1.77. The molecule has 0 aliphatic heterocycles. The molecule has 0 aliphatic carbocycles. The summed E-state index contributed by atoms with van der Waals surface area (Å²) in [5, 5.41) is 8.76. The zero-order valence-corrected chi connectivity index (χ0v) is 27.2. The molecule has 0 amide bonds. The van der Waals surface area contributed by atoms with Crippen LogP contribution in [-0.4, -0.2) is 38.3 Å². The van der Waals surface area contributed by atoms with Gasteiger partial charge in [0.25, 0.3) is 0 Å². The third-order valence-electron chi connectivity index (χ3n) is 7.85. The molecule has 5 nitrogen and oxygen atoms in total. The summed E-state index contributed by atoms with van der Waals surface area (Å²) < 4.78 is 12.9. The molecule has 0 aliphatic rings. The van der Waals surface area contributed by atoms with Crippen molar-refractivity contribution in [3.8, 4) is 11.5 Å². The molecule has 0 atom stereocenters. The lowest BCUT2D eigenvalue weighted by molar-refractivity contribution is -0.903. The molecule has 43 heavy (non-hydrogen) atoms. The van der Waals surface area contributed by atoms with Gasteiger partial charge in [0.05, 0.1) is 45.2 Å². The topological polar surface area (TPSA) is 43.2 Å². The summed E-state index contributed by atoms with van der Waals surface area (Å²) in [6.45, 7) is 6.03. The number of unbranched alkanes of at least 4 members (excludes halogenated alkanes) is 11. The van der Waals surface area contributed by atoms with Crippen LogP contribution in [0.5, 0.6) is 11.5 Å². The van der Waals surface area contributed by atoms with Crippen molar-refractivity contribution in [3.05, 3.63) is 84.4 Å². The van der Waals surface area contributed by atoms with E-state index < -0.39 is 0 Å². The van der Waals surface area contributed by atoms with Crippen molar-refractivity contribution in [1.29, 1.82) is 0 Å². The number of rotatable bonds is 23. The Morgan fingerprint density at radius 2 is 0.953 bits per heavy atom. The van der Waals surface area contributed by atoms with E-state index in [1.165, 1.54) is 82.7 Å². The highest BCUT2D eigenvalue weighted by molar-refractivity contribution is 5.44. The smallest absolute Gasteiger partial charge is 0.119 e. The highest BCUT2D eigenvalue weighted by atomic mass is 16.5. The van der Waals surface area contributed by atoms with E-state index >= 15 is 0 Å². The number of quaternary nitrogens is 1. The molecule has 0 unspecified atom stereocenters. The molecular weight excluding hydrogens is 530 g/mol. The fourth-order valence-corrected chi connectivity index (χ4v) is 5.28. The molecule has 0 radical (unpaired) electrons. The van der Waals surface area contributed by atoms with Crippen LogP contribution >= 0.6 is 0 Å². The summed E-state index contributed by atoms with van der Waals surface area (Å²) in [7, 11) is 4.62. The number of azo groups is 1. The Balaban J connectivity index is 1.23. The monoisotopic (exact) mass is 586 g/mol. The second kappa shape index (κ2) is 20.7. The van der Waals surface area contributed by atoms with Crippen molar-refractivity contribution in [2.75, 3.05) is 33.9 Å². The highest BCUT2D eigenvalue weighted by Crippen LogP contribution is 2.23. The first kappa shape index (κ1) is 34.3. The zero-order chi connectivity index (χ0) is 30.4. The van der Waals surface area contributed by atoms with E-state index in [1.807, 2.05) is 48.5 Å². The van der Waals surface area contributed by atoms with Crippen LogP contribution in [0.3, 0.4) is 0 Å².